The van der Waals surface area contributed by atoms with Gasteiger partial charge >= 0.3 is 0 Å². The van der Waals surface area contributed by atoms with E-state index in [1.807, 2.05) is 0 Å². The highest BCUT2D eigenvalue weighted by atomic mass is 16.5. The molecule has 1 aliphatic rings. The summed E-state index contributed by atoms with van der Waals surface area (Å²) in [6.45, 7) is 8.95. The number of amides is 1. The molecule has 2 N–H and O–H groups in total. The Morgan fingerprint density at radius 1 is 1.24 bits per heavy atom. The lowest BCUT2D eigenvalue weighted by Crippen LogP contribution is -2.41. The summed E-state index contributed by atoms with van der Waals surface area (Å²) in [4.78, 5) is 17.8. The summed E-state index contributed by atoms with van der Waals surface area (Å²) in [7, 11) is 3.50. The Bertz CT molecular complexity index is 404. The van der Waals surface area contributed by atoms with Gasteiger partial charge in [-0.3, -0.25) is 4.79 Å². The molecule has 0 radical (unpaired) electrons. The largest absolute Gasteiger partial charge is 0.378 e. The van der Waals surface area contributed by atoms with Crippen LogP contribution in [0, 0.1) is 11.8 Å². The van der Waals surface area contributed by atoms with E-state index in [1.165, 1.54) is 25.7 Å². The van der Waals surface area contributed by atoms with Crippen molar-refractivity contribution in [2.24, 2.45) is 16.8 Å². The molecule has 0 aromatic carbocycles. The molecule has 0 aliphatic heterocycles. The molecular weight excluding hydrogens is 316 g/mol. The highest BCUT2D eigenvalue weighted by molar-refractivity contribution is 5.84. The SMILES string of the molecule is CCOC(CCNC(=NCC(=O)N(C)C)NCC(C)C)C1CCCC1. The summed E-state index contributed by atoms with van der Waals surface area (Å²) in [5, 5.41) is 6.69. The van der Waals surface area contributed by atoms with Gasteiger partial charge in [-0.15, -0.1) is 0 Å². The van der Waals surface area contributed by atoms with Crippen LogP contribution < -0.4 is 10.6 Å². The minimum Gasteiger partial charge on any atom is -0.378 e. The third-order valence-electron chi connectivity index (χ3n) is 4.58. The molecule has 1 aliphatic carbocycles. The van der Waals surface area contributed by atoms with Gasteiger partial charge in [-0.25, -0.2) is 4.99 Å². The van der Waals surface area contributed by atoms with Gasteiger partial charge in [-0.1, -0.05) is 26.7 Å². The number of hydrogen-bond donors (Lipinski definition) is 2. The molecule has 1 amide bonds. The zero-order chi connectivity index (χ0) is 18.7. The Morgan fingerprint density at radius 2 is 1.92 bits per heavy atom. The number of nitrogens with one attached hydrogen (secondary N) is 2. The molecule has 1 fully saturated rings. The van der Waals surface area contributed by atoms with E-state index in [9.17, 15) is 4.79 Å². The van der Waals surface area contributed by atoms with Gasteiger partial charge in [0.05, 0.1) is 6.10 Å². The topological polar surface area (TPSA) is 66.0 Å². The van der Waals surface area contributed by atoms with Crippen LogP contribution in [0.25, 0.3) is 0 Å². The molecule has 0 spiro atoms. The molecule has 25 heavy (non-hydrogen) atoms. The summed E-state index contributed by atoms with van der Waals surface area (Å²) >= 11 is 0. The number of aliphatic imine (C=N–C) groups is 1. The number of rotatable bonds is 10. The van der Waals surface area contributed by atoms with E-state index in [1.54, 1.807) is 19.0 Å². The Labute approximate surface area is 153 Å². The van der Waals surface area contributed by atoms with Crippen LogP contribution in [0.4, 0.5) is 0 Å². The normalized spacial score (nSPS) is 17.0. The number of nitrogens with zero attached hydrogens (tertiary/aromatic N) is 2. The van der Waals surface area contributed by atoms with Crippen LogP contribution in [0.5, 0.6) is 0 Å². The summed E-state index contributed by atoms with van der Waals surface area (Å²) < 4.78 is 5.97. The summed E-state index contributed by atoms with van der Waals surface area (Å²) in [6.07, 6.45) is 6.54. The number of carbonyl (C=O) groups is 1. The molecule has 0 saturated heterocycles. The molecule has 0 aromatic heterocycles. The summed E-state index contributed by atoms with van der Waals surface area (Å²) in [6, 6.07) is 0. The monoisotopic (exact) mass is 354 g/mol. The van der Waals surface area contributed by atoms with Gasteiger partial charge in [0.1, 0.15) is 6.54 Å². The molecular formula is C19H38N4O2. The fourth-order valence-electron chi connectivity index (χ4n) is 3.09. The lowest BCUT2D eigenvalue weighted by Gasteiger charge is -2.24. The fraction of sp³-hybridized carbons (Fsp3) is 0.895. The van der Waals surface area contributed by atoms with Crippen molar-refractivity contribution in [3.8, 4) is 0 Å². The minimum absolute atomic E-state index is 0.00351. The number of guanidine groups is 1. The van der Waals surface area contributed by atoms with Crippen LogP contribution in [0.3, 0.4) is 0 Å². The Kier molecular flexibility index (Phi) is 10.5. The van der Waals surface area contributed by atoms with E-state index in [4.69, 9.17) is 4.74 Å². The van der Waals surface area contributed by atoms with E-state index >= 15 is 0 Å². The molecule has 1 atom stereocenters. The molecule has 146 valence electrons. The number of hydrogen-bond acceptors (Lipinski definition) is 3. The molecule has 0 bridgehead atoms. The predicted octanol–water partition coefficient (Wildman–Crippen LogP) is 2.25. The van der Waals surface area contributed by atoms with Gasteiger partial charge in [0.15, 0.2) is 5.96 Å². The first-order valence-electron chi connectivity index (χ1n) is 9.78. The zero-order valence-electron chi connectivity index (χ0n) is 16.8. The first kappa shape index (κ1) is 21.7. The molecule has 0 aromatic rings. The van der Waals surface area contributed by atoms with E-state index in [2.05, 4.69) is 36.4 Å². The number of likely N-dealkylation sites (N-methyl/N-ethyl adjacent to an activating group) is 1. The van der Waals surface area contributed by atoms with E-state index in [0.717, 1.165) is 26.1 Å². The van der Waals surface area contributed by atoms with Crippen molar-refractivity contribution in [1.82, 2.24) is 15.5 Å². The summed E-state index contributed by atoms with van der Waals surface area (Å²) in [5.41, 5.74) is 0. The molecule has 6 heteroatoms. The Hall–Kier alpha value is -1.30. The van der Waals surface area contributed by atoms with Crippen molar-refractivity contribution in [2.45, 2.75) is 59.0 Å². The van der Waals surface area contributed by atoms with Crippen molar-refractivity contribution in [3.05, 3.63) is 0 Å². The minimum atomic E-state index is 0.00351. The predicted molar refractivity (Wildman–Crippen MR) is 104 cm³/mol. The average Bonchev–Trinajstić information content (AvgIpc) is 3.09. The van der Waals surface area contributed by atoms with Crippen molar-refractivity contribution >= 4 is 11.9 Å². The molecule has 6 nitrogen and oxygen atoms in total. The summed E-state index contributed by atoms with van der Waals surface area (Å²) in [5.74, 6) is 1.93. The van der Waals surface area contributed by atoms with Crippen LogP contribution in [-0.2, 0) is 9.53 Å². The molecule has 0 heterocycles. The maximum Gasteiger partial charge on any atom is 0.243 e. The van der Waals surface area contributed by atoms with Crippen LogP contribution >= 0.6 is 0 Å². The van der Waals surface area contributed by atoms with E-state index in [-0.39, 0.29) is 12.5 Å². The first-order valence-corrected chi connectivity index (χ1v) is 9.78. The van der Waals surface area contributed by atoms with Crippen molar-refractivity contribution in [2.75, 3.05) is 40.3 Å². The van der Waals surface area contributed by atoms with Gasteiger partial charge in [-0.05, 0) is 38.0 Å². The molecule has 1 rings (SSSR count). The average molecular weight is 355 g/mol. The number of ether oxygens (including phenoxy) is 1. The van der Waals surface area contributed by atoms with Crippen LogP contribution in [0.2, 0.25) is 0 Å². The van der Waals surface area contributed by atoms with Gasteiger partial charge in [-0.2, -0.15) is 0 Å². The standard InChI is InChI=1S/C19H38N4O2/c1-6-25-17(16-9-7-8-10-16)11-12-20-19(21-13-15(2)3)22-14-18(24)23(4)5/h15-17H,6-14H2,1-5H3,(H2,20,21,22). The van der Waals surface area contributed by atoms with Crippen LogP contribution in [0.1, 0.15) is 52.9 Å². The lowest BCUT2D eigenvalue weighted by atomic mass is 9.98. The van der Waals surface area contributed by atoms with Crippen LogP contribution in [0.15, 0.2) is 4.99 Å². The third-order valence-corrected chi connectivity index (χ3v) is 4.58. The van der Waals surface area contributed by atoms with Gasteiger partial charge in [0.25, 0.3) is 0 Å². The Morgan fingerprint density at radius 3 is 2.48 bits per heavy atom. The fourth-order valence-corrected chi connectivity index (χ4v) is 3.09. The third kappa shape index (κ3) is 9.10. The second-order valence-electron chi connectivity index (χ2n) is 7.48. The van der Waals surface area contributed by atoms with Gasteiger partial charge in [0, 0.05) is 33.8 Å². The number of carbonyl (C=O) groups excluding carboxylic acids is 1. The quantitative estimate of drug-likeness (QED) is 0.466. The second-order valence-corrected chi connectivity index (χ2v) is 7.48. The highest BCUT2D eigenvalue weighted by Gasteiger charge is 2.25. The lowest BCUT2D eigenvalue weighted by molar-refractivity contribution is -0.127. The zero-order valence-corrected chi connectivity index (χ0v) is 16.8. The maximum absolute atomic E-state index is 11.8. The first-order chi connectivity index (χ1) is 11.9. The Balaban J connectivity index is 2.50. The van der Waals surface area contributed by atoms with Crippen LogP contribution in [-0.4, -0.2) is 63.2 Å². The van der Waals surface area contributed by atoms with Gasteiger partial charge in [0.2, 0.25) is 5.91 Å². The van der Waals surface area contributed by atoms with Crippen molar-refractivity contribution in [1.29, 1.82) is 0 Å². The van der Waals surface area contributed by atoms with Gasteiger partial charge < -0.3 is 20.3 Å². The highest BCUT2D eigenvalue weighted by Crippen LogP contribution is 2.30. The van der Waals surface area contributed by atoms with Crippen molar-refractivity contribution in [3.63, 3.8) is 0 Å². The second kappa shape index (κ2) is 12.1. The van der Waals surface area contributed by atoms with E-state index in [0.29, 0.717) is 23.9 Å². The smallest absolute Gasteiger partial charge is 0.243 e. The molecule has 1 saturated carbocycles. The maximum atomic E-state index is 11.8. The molecule has 1 unspecified atom stereocenters. The van der Waals surface area contributed by atoms with Crippen molar-refractivity contribution < 1.29 is 9.53 Å². The van der Waals surface area contributed by atoms with E-state index < -0.39 is 0 Å².